The van der Waals surface area contributed by atoms with Crippen LogP contribution in [-0.2, 0) is 4.74 Å². The Hall–Kier alpha value is -2.44. The maximum atomic E-state index is 11.8. The third-order valence-corrected chi connectivity index (χ3v) is 2.55. The first-order chi connectivity index (χ1) is 8.86. The van der Waals surface area contributed by atoms with E-state index >= 15 is 0 Å². The summed E-state index contributed by atoms with van der Waals surface area (Å²) < 4.78 is 5.00. The average Bonchev–Trinajstić information content (AvgIpc) is 2.37. The van der Waals surface area contributed by atoms with E-state index < -0.39 is 28.1 Å². The molecule has 1 rings (SSSR count). The van der Waals surface area contributed by atoms with Crippen LogP contribution in [0.15, 0.2) is 18.2 Å². The van der Waals surface area contributed by atoms with Crippen molar-refractivity contribution in [3.8, 4) is 0 Å². The zero-order valence-electron chi connectivity index (χ0n) is 10.5. The Morgan fingerprint density at radius 2 is 2.05 bits per heavy atom. The smallest absolute Gasteiger partial charge is 0.339 e. The number of carboxylic acids is 1. The van der Waals surface area contributed by atoms with Gasteiger partial charge in [-0.2, -0.15) is 0 Å². The highest BCUT2D eigenvalue weighted by atomic mass is 16.6. The van der Waals surface area contributed by atoms with Crippen molar-refractivity contribution in [2.75, 3.05) is 0 Å². The van der Waals surface area contributed by atoms with Gasteiger partial charge in [0.05, 0.1) is 22.2 Å². The Kier molecular flexibility index (Phi) is 4.57. The highest BCUT2D eigenvalue weighted by Crippen LogP contribution is 2.19. The van der Waals surface area contributed by atoms with Crippen LogP contribution in [-0.4, -0.2) is 28.1 Å². The first kappa shape index (κ1) is 14.6. The quantitative estimate of drug-likeness (QED) is 0.498. The van der Waals surface area contributed by atoms with Gasteiger partial charge >= 0.3 is 11.9 Å². The number of nitro benzene ring substituents is 1. The van der Waals surface area contributed by atoms with Crippen LogP contribution >= 0.6 is 0 Å². The van der Waals surface area contributed by atoms with Crippen molar-refractivity contribution < 1.29 is 24.4 Å². The van der Waals surface area contributed by atoms with E-state index in [0.717, 1.165) is 18.2 Å². The summed E-state index contributed by atoms with van der Waals surface area (Å²) in [5.41, 5.74) is -1.03. The lowest BCUT2D eigenvalue weighted by Gasteiger charge is -2.11. The molecule has 1 unspecified atom stereocenters. The molecule has 1 N–H and O–H groups in total. The lowest BCUT2D eigenvalue weighted by molar-refractivity contribution is -0.384. The van der Waals surface area contributed by atoms with Crippen molar-refractivity contribution >= 4 is 17.6 Å². The van der Waals surface area contributed by atoms with Crippen molar-refractivity contribution in [2.45, 2.75) is 26.4 Å². The van der Waals surface area contributed by atoms with Crippen LogP contribution in [0.2, 0.25) is 0 Å². The van der Waals surface area contributed by atoms with Gasteiger partial charge in [-0.3, -0.25) is 10.1 Å². The Labute approximate surface area is 109 Å². The molecule has 0 aromatic heterocycles. The number of rotatable bonds is 5. The Morgan fingerprint density at radius 1 is 1.42 bits per heavy atom. The topological polar surface area (TPSA) is 107 Å². The van der Waals surface area contributed by atoms with Crippen molar-refractivity contribution in [3.63, 3.8) is 0 Å². The highest BCUT2D eigenvalue weighted by Gasteiger charge is 2.22. The molecule has 0 aliphatic carbocycles. The molecule has 0 heterocycles. The second kappa shape index (κ2) is 5.94. The van der Waals surface area contributed by atoms with Gasteiger partial charge in [-0.1, -0.05) is 6.92 Å². The highest BCUT2D eigenvalue weighted by molar-refractivity contribution is 6.03. The minimum Gasteiger partial charge on any atom is -0.478 e. The van der Waals surface area contributed by atoms with Crippen LogP contribution in [0.5, 0.6) is 0 Å². The van der Waals surface area contributed by atoms with Crippen LogP contribution in [0, 0.1) is 10.1 Å². The fourth-order valence-corrected chi connectivity index (χ4v) is 1.33. The second-order valence-corrected chi connectivity index (χ2v) is 3.92. The van der Waals surface area contributed by atoms with E-state index in [0.29, 0.717) is 6.42 Å². The lowest BCUT2D eigenvalue weighted by atomic mass is 10.1. The summed E-state index contributed by atoms with van der Waals surface area (Å²) in [7, 11) is 0. The molecule has 7 heteroatoms. The van der Waals surface area contributed by atoms with Crippen molar-refractivity contribution in [2.24, 2.45) is 0 Å². The maximum absolute atomic E-state index is 11.8. The molecule has 0 spiro atoms. The van der Waals surface area contributed by atoms with Crippen LogP contribution in [0.4, 0.5) is 5.69 Å². The van der Waals surface area contributed by atoms with Gasteiger partial charge in [0.15, 0.2) is 0 Å². The molecule has 0 saturated heterocycles. The second-order valence-electron chi connectivity index (χ2n) is 3.92. The molecule has 102 valence electrons. The van der Waals surface area contributed by atoms with Gasteiger partial charge in [0.2, 0.25) is 0 Å². The zero-order valence-corrected chi connectivity index (χ0v) is 10.5. The predicted octanol–water partition coefficient (Wildman–Crippen LogP) is 2.25. The molecule has 0 bridgehead atoms. The third-order valence-electron chi connectivity index (χ3n) is 2.55. The fraction of sp³-hybridized carbons (Fsp3) is 0.333. The van der Waals surface area contributed by atoms with Crippen molar-refractivity contribution in [1.29, 1.82) is 0 Å². The van der Waals surface area contributed by atoms with Gasteiger partial charge in [0.25, 0.3) is 5.69 Å². The molecule has 1 atom stereocenters. The van der Waals surface area contributed by atoms with Gasteiger partial charge in [0.1, 0.15) is 0 Å². The van der Waals surface area contributed by atoms with Gasteiger partial charge < -0.3 is 9.84 Å². The molecular formula is C12H13NO6. The summed E-state index contributed by atoms with van der Waals surface area (Å²) in [6, 6.07) is 3.00. The summed E-state index contributed by atoms with van der Waals surface area (Å²) in [5, 5.41) is 19.6. The Morgan fingerprint density at radius 3 is 2.53 bits per heavy atom. The Bertz CT molecular complexity index is 525. The number of ether oxygens (including phenoxy) is 1. The van der Waals surface area contributed by atoms with Crippen LogP contribution in [0.3, 0.4) is 0 Å². The molecule has 7 nitrogen and oxygen atoms in total. The standard InChI is InChI=1S/C12H13NO6/c1-3-7(2)19-12(16)9-5-4-8(13(17)18)6-10(9)11(14)15/h4-7H,3H2,1-2H3,(H,14,15). The van der Waals surface area contributed by atoms with E-state index in [4.69, 9.17) is 9.84 Å². The number of non-ortho nitro benzene ring substituents is 1. The molecule has 0 saturated carbocycles. The van der Waals surface area contributed by atoms with E-state index in [1.54, 1.807) is 6.92 Å². The first-order valence-corrected chi connectivity index (χ1v) is 5.59. The Balaban J connectivity index is 3.17. The number of nitro groups is 1. The number of esters is 1. The maximum Gasteiger partial charge on any atom is 0.339 e. The lowest BCUT2D eigenvalue weighted by Crippen LogP contribution is -2.17. The zero-order chi connectivity index (χ0) is 14.6. The molecule has 0 aliphatic heterocycles. The molecule has 0 aliphatic rings. The summed E-state index contributed by atoms with van der Waals surface area (Å²) in [6.07, 6.45) is 0.227. The summed E-state index contributed by atoms with van der Waals surface area (Å²) in [6.45, 7) is 3.48. The minimum atomic E-state index is -1.42. The number of aromatic carboxylic acids is 1. The monoisotopic (exact) mass is 267 g/mol. The van der Waals surface area contributed by atoms with Crippen LogP contribution in [0.25, 0.3) is 0 Å². The number of benzene rings is 1. The fourth-order valence-electron chi connectivity index (χ4n) is 1.33. The van der Waals surface area contributed by atoms with E-state index in [9.17, 15) is 19.7 Å². The SMILES string of the molecule is CCC(C)OC(=O)c1ccc([N+](=O)[O-])cc1C(=O)O. The van der Waals surface area contributed by atoms with E-state index in [1.807, 2.05) is 6.92 Å². The summed E-state index contributed by atoms with van der Waals surface area (Å²) in [4.78, 5) is 32.6. The van der Waals surface area contributed by atoms with E-state index in [-0.39, 0.29) is 11.7 Å². The summed E-state index contributed by atoms with van der Waals surface area (Å²) >= 11 is 0. The number of carbonyl (C=O) groups is 2. The van der Waals surface area contributed by atoms with E-state index in [1.165, 1.54) is 0 Å². The molecule has 1 aromatic carbocycles. The average molecular weight is 267 g/mol. The normalized spacial score (nSPS) is 11.7. The molecule has 0 amide bonds. The predicted molar refractivity (Wildman–Crippen MR) is 65.2 cm³/mol. The van der Waals surface area contributed by atoms with Crippen molar-refractivity contribution in [3.05, 3.63) is 39.4 Å². The molecule has 0 fully saturated rings. The molecular weight excluding hydrogens is 254 g/mol. The van der Waals surface area contributed by atoms with Crippen LogP contribution < -0.4 is 0 Å². The molecule has 19 heavy (non-hydrogen) atoms. The van der Waals surface area contributed by atoms with E-state index in [2.05, 4.69) is 0 Å². The third kappa shape index (κ3) is 3.51. The number of carbonyl (C=O) groups excluding carboxylic acids is 1. The van der Waals surface area contributed by atoms with Gasteiger partial charge in [-0.15, -0.1) is 0 Å². The van der Waals surface area contributed by atoms with Crippen molar-refractivity contribution in [1.82, 2.24) is 0 Å². The van der Waals surface area contributed by atoms with Gasteiger partial charge in [-0.05, 0) is 19.4 Å². The first-order valence-electron chi connectivity index (χ1n) is 5.59. The molecule has 1 aromatic rings. The summed E-state index contributed by atoms with van der Waals surface area (Å²) in [5.74, 6) is -2.22. The van der Waals surface area contributed by atoms with Crippen LogP contribution in [0.1, 0.15) is 41.0 Å². The van der Waals surface area contributed by atoms with Gasteiger partial charge in [-0.25, -0.2) is 9.59 Å². The van der Waals surface area contributed by atoms with Gasteiger partial charge in [0, 0.05) is 12.1 Å². The number of carboxylic acid groups (broad SMARTS) is 1. The largest absolute Gasteiger partial charge is 0.478 e. The number of nitrogens with zero attached hydrogens (tertiary/aromatic N) is 1. The number of hydrogen-bond donors (Lipinski definition) is 1. The number of hydrogen-bond acceptors (Lipinski definition) is 5. The molecule has 0 radical (unpaired) electrons. The minimum absolute atomic E-state index is 0.196.